The van der Waals surface area contributed by atoms with Crippen molar-refractivity contribution in [3.63, 3.8) is 0 Å². The number of anilines is 1. The van der Waals surface area contributed by atoms with Gasteiger partial charge in [-0.05, 0) is 48.7 Å². The number of hydrogen-bond acceptors (Lipinski definition) is 4. The van der Waals surface area contributed by atoms with Gasteiger partial charge in [-0.25, -0.2) is 9.07 Å². The van der Waals surface area contributed by atoms with Gasteiger partial charge >= 0.3 is 0 Å². The van der Waals surface area contributed by atoms with Gasteiger partial charge in [0.15, 0.2) is 0 Å². The van der Waals surface area contributed by atoms with Crippen LogP contribution in [0.4, 0.5) is 10.2 Å². The number of aromatic nitrogens is 2. The molecule has 0 aliphatic carbocycles. The van der Waals surface area contributed by atoms with Crippen LogP contribution in [0.3, 0.4) is 0 Å². The number of hydrogen-bond donors (Lipinski definition) is 1. The van der Waals surface area contributed by atoms with E-state index in [0.29, 0.717) is 12.4 Å². The monoisotopic (exact) mass is 508 g/mol. The third kappa shape index (κ3) is 5.33. The van der Waals surface area contributed by atoms with Crippen LogP contribution < -0.4 is 10.2 Å². The molecule has 0 radical (unpaired) electrons. The summed E-state index contributed by atoms with van der Waals surface area (Å²) in [6, 6.07) is 14.4. The summed E-state index contributed by atoms with van der Waals surface area (Å²) in [5.41, 5.74) is 3.91. The minimum Gasteiger partial charge on any atom is -0.355 e. The van der Waals surface area contributed by atoms with Crippen LogP contribution in [0.15, 0.2) is 48.5 Å². The number of carbonyl (C=O) groups excluding carboxylic acids is 2. The predicted molar refractivity (Wildman–Crippen MR) is 143 cm³/mol. The Hall–Kier alpha value is -3.13. The summed E-state index contributed by atoms with van der Waals surface area (Å²) in [5, 5.41) is 7.62. The van der Waals surface area contributed by atoms with Crippen LogP contribution in [0.25, 0.3) is 5.69 Å². The molecule has 2 amide bonds. The molecule has 190 valence electrons. The maximum absolute atomic E-state index is 14.3. The summed E-state index contributed by atoms with van der Waals surface area (Å²) in [6.07, 6.45) is 0.803. The molecule has 2 heterocycles. The lowest BCUT2D eigenvalue weighted by atomic mass is 9.87. The fourth-order valence-corrected chi connectivity index (χ4v) is 5.60. The molecule has 4 rings (SSSR count). The summed E-state index contributed by atoms with van der Waals surface area (Å²) in [5.74, 6) is 0.000440. The molecule has 0 unspecified atom stereocenters. The van der Waals surface area contributed by atoms with E-state index in [1.165, 1.54) is 23.9 Å². The number of nitrogens with one attached hydrogen (secondary N) is 1. The molecule has 1 aliphatic rings. The first-order valence-electron chi connectivity index (χ1n) is 12.2. The third-order valence-corrected chi connectivity index (χ3v) is 7.33. The molecule has 1 atom stereocenters. The Kier molecular flexibility index (Phi) is 7.54. The Bertz CT molecular complexity index is 1280. The van der Waals surface area contributed by atoms with Crippen molar-refractivity contribution in [3.8, 4) is 5.69 Å². The van der Waals surface area contributed by atoms with Crippen molar-refractivity contribution in [1.82, 2.24) is 15.1 Å². The van der Waals surface area contributed by atoms with E-state index in [2.05, 4.69) is 26.1 Å². The van der Waals surface area contributed by atoms with Gasteiger partial charge in [0.1, 0.15) is 18.2 Å². The van der Waals surface area contributed by atoms with E-state index in [9.17, 15) is 14.0 Å². The quantitative estimate of drug-likeness (QED) is 0.490. The standard InChI is InChI=1S/C28H33FN4O2S/c1-6-13-30-22(34)16-32-23(35)17-36-25(19-10-8-11-20(29)15-19)24-26(28(3,4)5)31-33(27(24)32)21-12-7-9-18(2)14-21/h7-12,14-15,25H,6,13,16-17H2,1-5H3,(H,30,34)/t25-/m1/s1. The maximum Gasteiger partial charge on any atom is 0.240 e. The van der Waals surface area contributed by atoms with Crippen molar-refractivity contribution in [2.24, 2.45) is 0 Å². The van der Waals surface area contributed by atoms with Crippen LogP contribution in [-0.2, 0) is 15.0 Å². The molecular weight excluding hydrogens is 475 g/mol. The lowest BCUT2D eigenvalue weighted by molar-refractivity contribution is -0.122. The van der Waals surface area contributed by atoms with Crippen molar-refractivity contribution in [3.05, 3.63) is 76.7 Å². The van der Waals surface area contributed by atoms with Gasteiger partial charge in [-0.1, -0.05) is 52.0 Å². The van der Waals surface area contributed by atoms with Crippen LogP contribution in [0, 0.1) is 12.7 Å². The maximum atomic E-state index is 14.3. The Morgan fingerprint density at radius 1 is 1.19 bits per heavy atom. The molecule has 0 spiro atoms. The number of fused-ring (bicyclic) bond motifs is 1. The second kappa shape index (κ2) is 10.5. The van der Waals surface area contributed by atoms with Gasteiger partial charge in [-0.2, -0.15) is 5.10 Å². The number of rotatable bonds is 6. The van der Waals surface area contributed by atoms with Gasteiger partial charge in [-0.3, -0.25) is 14.5 Å². The van der Waals surface area contributed by atoms with Crippen LogP contribution in [0.1, 0.15) is 61.7 Å². The number of aryl methyl sites for hydroxylation is 1. The van der Waals surface area contributed by atoms with E-state index in [0.717, 1.165) is 34.5 Å². The topological polar surface area (TPSA) is 67.2 Å². The number of benzene rings is 2. The first-order chi connectivity index (χ1) is 17.1. The van der Waals surface area contributed by atoms with Gasteiger partial charge in [0, 0.05) is 17.5 Å². The zero-order valence-electron chi connectivity index (χ0n) is 21.5. The van der Waals surface area contributed by atoms with Crippen molar-refractivity contribution in [1.29, 1.82) is 0 Å². The van der Waals surface area contributed by atoms with Crippen LogP contribution in [-0.4, -0.2) is 40.4 Å². The first kappa shape index (κ1) is 25.9. The minimum absolute atomic E-state index is 0.108. The van der Waals surface area contributed by atoms with Crippen LogP contribution in [0.2, 0.25) is 0 Å². The average molecular weight is 509 g/mol. The first-order valence-corrected chi connectivity index (χ1v) is 13.3. The molecule has 0 saturated carbocycles. The summed E-state index contributed by atoms with van der Waals surface area (Å²) in [7, 11) is 0. The number of carbonyl (C=O) groups is 2. The van der Waals surface area contributed by atoms with E-state index in [4.69, 9.17) is 5.10 Å². The molecule has 0 saturated heterocycles. The summed E-state index contributed by atoms with van der Waals surface area (Å²) in [6.45, 7) is 10.7. The van der Waals surface area contributed by atoms with Crippen LogP contribution in [0.5, 0.6) is 0 Å². The fourth-order valence-electron chi connectivity index (χ4n) is 4.41. The number of thioether (sulfide) groups is 1. The van der Waals surface area contributed by atoms with Gasteiger partial charge in [-0.15, -0.1) is 11.8 Å². The zero-order chi connectivity index (χ0) is 26.0. The van der Waals surface area contributed by atoms with Gasteiger partial charge in [0.05, 0.1) is 22.4 Å². The normalized spacial score (nSPS) is 16.0. The molecule has 6 nitrogen and oxygen atoms in total. The molecule has 1 aromatic heterocycles. The van der Waals surface area contributed by atoms with E-state index < -0.39 is 0 Å². The lowest BCUT2D eigenvalue weighted by Gasteiger charge is -2.24. The minimum atomic E-state index is -0.366. The molecule has 0 bridgehead atoms. The smallest absolute Gasteiger partial charge is 0.240 e. The number of amides is 2. The van der Waals surface area contributed by atoms with Crippen molar-refractivity contribution in [2.45, 2.75) is 51.7 Å². The number of nitrogens with zero attached hydrogens (tertiary/aromatic N) is 3. The Balaban J connectivity index is 2.00. The molecular formula is C28H33FN4O2S. The molecule has 1 aliphatic heterocycles. The van der Waals surface area contributed by atoms with E-state index in [1.54, 1.807) is 15.6 Å². The third-order valence-electron chi connectivity index (χ3n) is 6.07. The highest BCUT2D eigenvalue weighted by atomic mass is 32.2. The highest BCUT2D eigenvalue weighted by Crippen LogP contribution is 2.48. The van der Waals surface area contributed by atoms with E-state index >= 15 is 0 Å². The Morgan fingerprint density at radius 3 is 2.61 bits per heavy atom. The fraction of sp³-hybridized carbons (Fsp3) is 0.393. The van der Waals surface area contributed by atoms with Crippen molar-refractivity contribution >= 4 is 29.4 Å². The highest BCUT2D eigenvalue weighted by Gasteiger charge is 2.40. The average Bonchev–Trinajstić information content (AvgIpc) is 3.16. The van der Waals surface area contributed by atoms with Crippen molar-refractivity contribution in [2.75, 3.05) is 23.7 Å². The van der Waals surface area contributed by atoms with E-state index in [-0.39, 0.29) is 40.6 Å². The molecule has 0 fully saturated rings. The molecule has 2 aromatic carbocycles. The Morgan fingerprint density at radius 2 is 1.94 bits per heavy atom. The highest BCUT2D eigenvalue weighted by molar-refractivity contribution is 8.00. The number of halogens is 1. The van der Waals surface area contributed by atoms with Crippen LogP contribution >= 0.6 is 11.8 Å². The largest absolute Gasteiger partial charge is 0.355 e. The molecule has 8 heteroatoms. The second-order valence-electron chi connectivity index (χ2n) is 10.2. The predicted octanol–water partition coefficient (Wildman–Crippen LogP) is 5.31. The van der Waals surface area contributed by atoms with Crippen molar-refractivity contribution < 1.29 is 14.0 Å². The summed E-state index contributed by atoms with van der Waals surface area (Å²) >= 11 is 1.44. The summed E-state index contributed by atoms with van der Waals surface area (Å²) in [4.78, 5) is 28.0. The molecule has 1 N–H and O–H groups in total. The van der Waals surface area contributed by atoms with E-state index in [1.807, 2.05) is 44.2 Å². The van der Waals surface area contributed by atoms with Gasteiger partial charge < -0.3 is 5.32 Å². The Labute approximate surface area is 216 Å². The molecule has 36 heavy (non-hydrogen) atoms. The second-order valence-corrected chi connectivity index (χ2v) is 11.3. The lowest BCUT2D eigenvalue weighted by Crippen LogP contribution is -2.42. The summed E-state index contributed by atoms with van der Waals surface area (Å²) < 4.78 is 16.1. The zero-order valence-corrected chi connectivity index (χ0v) is 22.3. The SMILES string of the molecule is CCCNC(=O)CN1C(=O)CS[C@H](c2cccc(F)c2)c2c(C(C)(C)C)nn(-c3cccc(C)c3)c21. The van der Waals surface area contributed by atoms with Gasteiger partial charge in [0.2, 0.25) is 11.8 Å². The van der Waals surface area contributed by atoms with Gasteiger partial charge in [0.25, 0.3) is 0 Å². The molecule has 3 aromatic rings.